The lowest BCUT2D eigenvalue weighted by molar-refractivity contribution is -0.142. The number of para-hydroxylation sites is 1. The molecular formula is C27H42N6O6. The smallest absolute Gasteiger partial charge is 0.326 e. The predicted molar refractivity (Wildman–Crippen MR) is 147 cm³/mol. The van der Waals surface area contributed by atoms with Crippen molar-refractivity contribution in [1.82, 2.24) is 20.9 Å². The van der Waals surface area contributed by atoms with E-state index in [1.807, 2.05) is 38.1 Å². The Labute approximate surface area is 228 Å². The molecule has 1 heterocycles. The monoisotopic (exact) mass is 546 g/mol. The average Bonchev–Trinajstić information content (AvgIpc) is 3.28. The van der Waals surface area contributed by atoms with Crippen LogP contribution in [0.4, 0.5) is 0 Å². The number of hydrogen-bond acceptors (Lipinski definition) is 7. The summed E-state index contributed by atoms with van der Waals surface area (Å²) in [6, 6.07) is 2.79. The van der Waals surface area contributed by atoms with Gasteiger partial charge >= 0.3 is 5.97 Å². The quantitative estimate of drug-likeness (QED) is 0.135. The summed E-state index contributed by atoms with van der Waals surface area (Å²) in [4.78, 5) is 54.1. The van der Waals surface area contributed by atoms with Crippen molar-refractivity contribution in [1.29, 1.82) is 0 Å². The van der Waals surface area contributed by atoms with Gasteiger partial charge in [-0.2, -0.15) is 0 Å². The van der Waals surface area contributed by atoms with Crippen molar-refractivity contribution in [2.45, 2.75) is 83.1 Å². The first-order valence-electron chi connectivity index (χ1n) is 13.3. The standard InChI is InChI=1S/C27H42N6O6/c1-15(2)12-19(29)24(35)33-23(16(3)34)26(37)32-22(13-17-14-30-20-9-5-4-8-18(17)20)25(36)31-21(27(38)39)10-6-7-11-28/h4-5,8-9,14-16,19,21-23,30,34H,6-7,10-13,28-29H2,1-3H3,(H,31,36)(H,32,37)(H,33,35)(H,38,39). The highest BCUT2D eigenvalue weighted by Gasteiger charge is 2.33. The number of nitrogens with one attached hydrogen (secondary N) is 4. The number of carbonyl (C=O) groups is 4. The molecule has 216 valence electrons. The van der Waals surface area contributed by atoms with Gasteiger partial charge in [-0.3, -0.25) is 14.4 Å². The largest absolute Gasteiger partial charge is 0.480 e. The molecule has 0 aliphatic carbocycles. The van der Waals surface area contributed by atoms with E-state index in [1.54, 1.807) is 6.20 Å². The number of aromatic nitrogens is 1. The molecule has 12 nitrogen and oxygen atoms in total. The number of aliphatic carboxylic acids is 1. The fourth-order valence-corrected chi connectivity index (χ4v) is 4.29. The summed E-state index contributed by atoms with van der Waals surface area (Å²) in [5, 5.41) is 28.3. The van der Waals surface area contributed by atoms with E-state index in [-0.39, 0.29) is 18.8 Å². The van der Waals surface area contributed by atoms with Crippen molar-refractivity contribution in [3.05, 3.63) is 36.0 Å². The molecule has 5 atom stereocenters. The third-order valence-electron chi connectivity index (χ3n) is 6.42. The van der Waals surface area contributed by atoms with E-state index in [0.717, 1.165) is 16.5 Å². The summed E-state index contributed by atoms with van der Waals surface area (Å²) >= 11 is 0. The van der Waals surface area contributed by atoms with Crippen LogP contribution in [0.5, 0.6) is 0 Å². The molecule has 0 saturated carbocycles. The van der Waals surface area contributed by atoms with E-state index in [0.29, 0.717) is 25.8 Å². The molecule has 39 heavy (non-hydrogen) atoms. The van der Waals surface area contributed by atoms with Gasteiger partial charge in [0, 0.05) is 23.5 Å². The second-order valence-corrected chi connectivity index (χ2v) is 10.3. The van der Waals surface area contributed by atoms with Gasteiger partial charge in [0.25, 0.3) is 0 Å². The lowest BCUT2D eigenvalue weighted by atomic mass is 10.0. The minimum Gasteiger partial charge on any atom is -0.480 e. The van der Waals surface area contributed by atoms with E-state index in [9.17, 15) is 29.4 Å². The van der Waals surface area contributed by atoms with Crippen LogP contribution in [0.15, 0.2) is 30.5 Å². The Kier molecular flexibility index (Phi) is 12.4. The summed E-state index contributed by atoms with van der Waals surface area (Å²) in [6.07, 6.45) is 2.11. The second kappa shape index (κ2) is 15.2. The zero-order valence-electron chi connectivity index (χ0n) is 22.8. The van der Waals surface area contributed by atoms with Crippen LogP contribution in [0.25, 0.3) is 10.9 Å². The SMILES string of the molecule is CC(C)CC(N)C(=O)NC(C(=O)NC(Cc1c[nH]c2ccccc12)C(=O)NC(CCCCN)C(=O)O)C(C)O. The van der Waals surface area contributed by atoms with Gasteiger partial charge in [0.15, 0.2) is 0 Å². The Balaban J connectivity index is 2.28. The lowest BCUT2D eigenvalue weighted by Crippen LogP contribution is -2.60. The Morgan fingerprint density at radius 1 is 0.949 bits per heavy atom. The maximum atomic E-state index is 13.3. The van der Waals surface area contributed by atoms with Gasteiger partial charge in [-0.25, -0.2) is 4.79 Å². The molecule has 0 bridgehead atoms. The Hall–Kier alpha value is -3.48. The zero-order valence-corrected chi connectivity index (χ0v) is 22.8. The van der Waals surface area contributed by atoms with Crippen molar-refractivity contribution in [2.75, 3.05) is 6.54 Å². The van der Waals surface area contributed by atoms with Crippen molar-refractivity contribution >= 4 is 34.6 Å². The van der Waals surface area contributed by atoms with Gasteiger partial charge < -0.3 is 42.6 Å². The van der Waals surface area contributed by atoms with Gasteiger partial charge in [-0.05, 0) is 56.7 Å². The van der Waals surface area contributed by atoms with Crippen LogP contribution in [-0.4, -0.2) is 75.7 Å². The molecule has 5 unspecified atom stereocenters. The zero-order chi connectivity index (χ0) is 29.1. The number of fused-ring (bicyclic) bond motifs is 1. The third-order valence-corrected chi connectivity index (χ3v) is 6.42. The molecule has 10 N–H and O–H groups in total. The number of amides is 3. The van der Waals surface area contributed by atoms with E-state index in [4.69, 9.17) is 11.5 Å². The number of carboxylic acid groups (broad SMARTS) is 1. The van der Waals surface area contributed by atoms with Crippen molar-refractivity contribution in [2.24, 2.45) is 17.4 Å². The Morgan fingerprint density at radius 3 is 2.23 bits per heavy atom. The maximum Gasteiger partial charge on any atom is 0.326 e. The molecule has 12 heteroatoms. The Bertz CT molecular complexity index is 1120. The fraction of sp³-hybridized carbons (Fsp3) is 0.556. The first-order valence-corrected chi connectivity index (χ1v) is 13.3. The highest BCUT2D eigenvalue weighted by atomic mass is 16.4. The second-order valence-electron chi connectivity index (χ2n) is 10.3. The number of carbonyl (C=O) groups excluding carboxylic acids is 3. The predicted octanol–water partition coefficient (Wildman–Crippen LogP) is 0.133. The summed E-state index contributed by atoms with van der Waals surface area (Å²) < 4.78 is 0. The molecule has 0 aliphatic rings. The van der Waals surface area contributed by atoms with E-state index >= 15 is 0 Å². The maximum absolute atomic E-state index is 13.3. The number of benzene rings is 1. The molecule has 0 fully saturated rings. The first-order chi connectivity index (χ1) is 18.4. The van der Waals surface area contributed by atoms with Crippen molar-refractivity contribution in [3.8, 4) is 0 Å². The minimum absolute atomic E-state index is 0.0318. The number of aromatic amines is 1. The van der Waals surface area contributed by atoms with Gasteiger partial charge in [-0.1, -0.05) is 32.0 Å². The molecule has 0 aliphatic heterocycles. The van der Waals surface area contributed by atoms with Crippen molar-refractivity contribution in [3.63, 3.8) is 0 Å². The van der Waals surface area contributed by atoms with Crippen LogP contribution in [0.2, 0.25) is 0 Å². The van der Waals surface area contributed by atoms with Crippen LogP contribution >= 0.6 is 0 Å². The van der Waals surface area contributed by atoms with Gasteiger partial charge in [-0.15, -0.1) is 0 Å². The number of H-pyrrole nitrogens is 1. The van der Waals surface area contributed by atoms with Gasteiger partial charge in [0.05, 0.1) is 12.1 Å². The molecule has 0 saturated heterocycles. The summed E-state index contributed by atoms with van der Waals surface area (Å²) in [7, 11) is 0. The average molecular weight is 547 g/mol. The normalized spacial score (nSPS) is 15.3. The third kappa shape index (κ3) is 9.65. The number of aliphatic hydroxyl groups is 1. The van der Waals surface area contributed by atoms with Gasteiger partial charge in [0.1, 0.15) is 18.1 Å². The number of rotatable bonds is 16. The number of unbranched alkanes of at least 4 members (excludes halogenated alkanes) is 1. The minimum atomic E-state index is -1.38. The van der Waals surface area contributed by atoms with E-state index in [2.05, 4.69) is 20.9 Å². The van der Waals surface area contributed by atoms with Crippen molar-refractivity contribution < 1.29 is 29.4 Å². The summed E-state index contributed by atoms with van der Waals surface area (Å²) in [6.45, 7) is 5.54. The molecule has 1 aromatic carbocycles. The highest BCUT2D eigenvalue weighted by Crippen LogP contribution is 2.19. The van der Waals surface area contributed by atoms with E-state index in [1.165, 1.54) is 6.92 Å². The van der Waals surface area contributed by atoms with Crippen LogP contribution < -0.4 is 27.4 Å². The molecule has 3 amide bonds. The first kappa shape index (κ1) is 31.7. The molecule has 0 spiro atoms. The number of hydrogen-bond donors (Lipinski definition) is 8. The van der Waals surface area contributed by atoms with Crippen LogP contribution in [-0.2, 0) is 25.6 Å². The summed E-state index contributed by atoms with van der Waals surface area (Å²) in [5.41, 5.74) is 13.0. The lowest BCUT2D eigenvalue weighted by Gasteiger charge is -2.26. The number of carboxylic acids is 1. The van der Waals surface area contributed by atoms with Crippen LogP contribution in [0.3, 0.4) is 0 Å². The number of aliphatic hydroxyl groups excluding tert-OH is 1. The highest BCUT2D eigenvalue weighted by molar-refractivity contribution is 5.95. The molecule has 2 aromatic rings. The topological polar surface area (TPSA) is 213 Å². The fourth-order valence-electron chi connectivity index (χ4n) is 4.29. The van der Waals surface area contributed by atoms with Crippen LogP contribution in [0.1, 0.15) is 52.0 Å². The Morgan fingerprint density at radius 2 is 1.62 bits per heavy atom. The summed E-state index contributed by atoms with van der Waals surface area (Å²) in [5.74, 6) is -3.18. The molecule has 0 radical (unpaired) electrons. The van der Waals surface area contributed by atoms with E-state index < -0.39 is 54.0 Å². The molecule has 2 rings (SSSR count). The van der Waals surface area contributed by atoms with Crippen LogP contribution in [0, 0.1) is 5.92 Å². The number of nitrogens with two attached hydrogens (primary N) is 2. The molecule has 1 aromatic heterocycles. The van der Waals surface area contributed by atoms with Gasteiger partial charge in [0.2, 0.25) is 17.7 Å². The molecular weight excluding hydrogens is 504 g/mol.